The average Bonchev–Trinajstić information content (AvgIpc) is 3.28. The first-order chi connectivity index (χ1) is 11.4. The minimum atomic E-state index is -0.742. The predicted octanol–water partition coefficient (Wildman–Crippen LogP) is 1.53. The highest BCUT2D eigenvalue weighted by molar-refractivity contribution is 6.00. The molecular weight excluding hydrogens is 316 g/mol. The number of likely N-dealkylation sites (N-methyl/N-ethyl adjacent to an activating group) is 1. The molecule has 0 aromatic heterocycles. The van der Waals surface area contributed by atoms with Crippen LogP contribution in [0, 0.1) is 17.6 Å². The Bertz CT molecular complexity index is 628. The lowest BCUT2D eigenvalue weighted by Gasteiger charge is -2.18. The summed E-state index contributed by atoms with van der Waals surface area (Å²) in [4.78, 5) is 27.8. The third-order valence-electron chi connectivity index (χ3n) is 4.59. The molecule has 0 spiro atoms. The maximum absolute atomic E-state index is 13.3. The number of carbonyl (C=O) groups is 2. The number of amides is 2. The smallest absolute Gasteiger partial charge is 0.227 e. The van der Waals surface area contributed by atoms with E-state index in [1.165, 1.54) is 17.7 Å². The Morgan fingerprint density at radius 3 is 2.58 bits per heavy atom. The zero-order valence-corrected chi connectivity index (χ0v) is 13.6. The molecular formula is C17H21F2N3O2. The fraction of sp³-hybridized carbons (Fsp3) is 0.529. The zero-order valence-electron chi connectivity index (χ0n) is 13.6. The van der Waals surface area contributed by atoms with E-state index in [9.17, 15) is 18.4 Å². The highest BCUT2D eigenvalue weighted by Crippen LogP contribution is 2.27. The standard InChI is InChI=1S/C17H21F2N3O2/c1-21(14-2-3-14)5-4-20-17(24)11-6-16(23)22(10-11)15-8-12(18)7-13(19)9-15/h7-9,11,14H,2-6,10H2,1H3,(H,20,24)/t11-/m1/s1. The van der Waals surface area contributed by atoms with E-state index in [-0.39, 0.29) is 30.5 Å². The monoisotopic (exact) mass is 337 g/mol. The van der Waals surface area contributed by atoms with Crippen molar-refractivity contribution in [2.75, 3.05) is 31.6 Å². The second-order valence-electron chi connectivity index (χ2n) is 6.54. The van der Waals surface area contributed by atoms with Gasteiger partial charge in [-0.25, -0.2) is 8.78 Å². The summed E-state index contributed by atoms with van der Waals surface area (Å²) in [5.41, 5.74) is 0.154. The van der Waals surface area contributed by atoms with Gasteiger partial charge in [0.25, 0.3) is 0 Å². The van der Waals surface area contributed by atoms with Gasteiger partial charge in [-0.2, -0.15) is 0 Å². The zero-order chi connectivity index (χ0) is 17.3. The number of nitrogens with zero attached hydrogens (tertiary/aromatic N) is 2. The molecule has 5 nitrogen and oxygen atoms in total. The maximum atomic E-state index is 13.3. The SMILES string of the molecule is CN(CCNC(=O)[C@@H]1CC(=O)N(c2cc(F)cc(F)c2)C1)C1CC1. The van der Waals surface area contributed by atoms with Gasteiger partial charge in [-0.05, 0) is 32.0 Å². The molecule has 2 amide bonds. The molecule has 3 rings (SSSR count). The fourth-order valence-electron chi connectivity index (χ4n) is 3.03. The average molecular weight is 337 g/mol. The molecule has 130 valence electrons. The lowest BCUT2D eigenvalue weighted by molar-refractivity contribution is -0.126. The van der Waals surface area contributed by atoms with Crippen molar-refractivity contribution in [1.29, 1.82) is 0 Å². The van der Waals surface area contributed by atoms with Crippen LogP contribution in [0.25, 0.3) is 0 Å². The van der Waals surface area contributed by atoms with Crippen LogP contribution in [0.5, 0.6) is 0 Å². The summed E-state index contributed by atoms with van der Waals surface area (Å²) in [6, 6.07) is 3.59. The highest BCUT2D eigenvalue weighted by atomic mass is 19.1. The lowest BCUT2D eigenvalue weighted by atomic mass is 10.1. The van der Waals surface area contributed by atoms with Crippen LogP contribution in [0.4, 0.5) is 14.5 Å². The van der Waals surface area contributed by atoms with E-state index < -0.39 is 17.6 Å². The van der Waals surface area contributed by atoms with Gasteiger partial charge >= 0.3 is 0 Å². The Hall–Kier alpha value is -2.02. The van der Waals surface area contributed by atoms with Crippen LogP contribution < -0.4 is 10.2 Å². The van der Waals surface area contributed by atoms with Crippen molar-refractivity contribution in [3.8, 4) is 0 Å². The molecule has 0 bridgehead atoms. The molecule has 0 unspecified atom stereocenters. The fourth-order valence-corrected chi connectivity index (χ4v) is 3.03. The van der Waals surface area contributed by atoms with E-state index in [0.29, 0.717) is 12.6 Å². The molecule has 0 radical (unpaired) electrons. The number of benzene rings is 1. The summed E-state index contributed by atoms with van der Waals surface area (Å²) in [6.07, 6.45) is 2.48. The van der Waals surface area contributed by atoms with Gasteiger partial charge in [-0.1, -0.05) is 0 Å². The Kier molecular flexibility index (Phi) is 4.80. The minimum Gasteiger partial charge on any atom is -0.355 e. The van der Waals surface area contributed by atoms with E-state index in [4.69, 9.17) is 0 Å². The Labute approximate surface area is 139 Å². The molecule has 2 aliphatic rings. The van der Waals surface area contributed by atoms with Crippen molar-refractivity contribution in [2.24, 2.45) is 5.92 Å². The normalized spacial score (nSPS) is 20.8. The van der Waals surface area contributed by atoms with Gasteiger partial charge in [-0.3, -0.25) is 9.59 Å². The van der Waals surface area contributed by atoms with Crippen molar-refractivity contribution < 1.29 is 18.4 Å². The number of halogens is 2. The van der Waals surface area contributed by atoms with Crippen molar-refractivity contribution in [2.45, 2.75) is 25.3 Å². The molecule has 1 aromatic carbocycles. The Morgan fingerprint density at radius 1 is 1.29 bits per heavy atom. The van der Waals surface area contributed by atoms with Crippen molar-refractivity contribution in [1.82, 2.24) is 10.2 Å². The summed E-state index contributed by atoms with van der Waals surface area (Å²) in [7, 11) is 2.03. The summed E-state index contributed by atoms with van der Waals surface area (Å²) in [5.74, 6) is -2.46. The minimum absolute atomic E-state index is 0.0580. The van der Waals surface area contributed by atoms with Crippen LogP contribution in [0.1, 0.15) is 19.3 Å². The van der Waals surface area contributed by atoms with E-state index in [2.05, 4.69) is 10.2 Å². The van der Waals surface area contributed by atoms with Crippen LogP contribution in [-0.2, 0) is 9.59 Å². The van der Waals surface area contributed by atoms with E-state index >= 15 is 0 Å². The van der Waals surface area contributed by atoms with Gasteiger partial charge in [0, 0.05) is 43.9 Å². The second kappa shape index (κ2) is 6.84. The lowest BCUT2D eigenvalue weighted by Crippen LogP contribution is -2.38. The van der Waals surface area contributed by atoms with Gasteiger partial charge in [0.15, 0.2) is 0 Å². The third kappa shape index (κ3) is 3.90. The largest absolute Gasteiger partial charge is 0.355 e. The first-order valence-electron chi connectivity index (χ1n) is 8.18. The quantitative estimate of drug-likeness (QED) is 0.856. The number of carbonyl (C=O) groups excluding carboxylic acids is 2. The number of anilines is 1. The first kappa shape index (κ1) is 16.8. The van der Waals surface area contributed by atoms with Crippen LogP contribution in [0.15, 0.2) is 18.2 Å². The number of rotatable bonds is 6. The number of hydrogen-bond donors (Lipinski definition) is 1. The topological polar surface area (TPSA) is 52.7 Å². The number of nitrogens with one attached hydrogen (secondary N) is 1. The van der Waals surface area contributed by atoms with Crippen molar-refractivity contribution in [3.63, 3.8) is 0 Å². The van der Waals surface area contributed by atoms with Crippen LogP contribution >= 0.6 is 0 Å². The molecule has 1 saturated heterocycles. The molecule has 7 heteroatoms. The molecule has 2 fully saturated rings. The second-order valence-corrected chi connectivity index (χ2v) is 6.54. The summed E-state index contributed by atoms with van der Waals surface area (Å²) in [5, 5.41) is 2.85. The highest BCUT2D eigenvalue weighted by Gasteiger charge is 2.35. The Balaban J connectivity index is 1.54. The van der Waals surface area contributed by atoms with Crippen molar-refractivity contribution >= 4 is 17.5 Å². The summed E-state index contributed by atoms with van der Waals surface area (Å²) in [6.45, 7) is 1.45. The van der Waals surface area contributed by atoms with E-state index in [0.717, 1.165) is 24.7 Å². The Morgan fingerprint density at radius 2 is 1.96 bits per heavy atom. The molecule has 1 heterocycles. The van der Waals surface area contributed by atoms with Crippen LogP contribution in [0.2, 0.25) is 0 Å². The van der Waals surface area contributed by atoms with Gasteiger partial charge in [0.05, 0.1) is 5.92 Å². The summed E-state index contributed by atoms with van der Waals surface area (Å²) >= 11 is 0. The third-order valence-corrected chi connectivity index (χ3v) is 4.59. The van der Waals surface area contributed by atoms with Gasteiger partial charge in [0.2, 0.25) is 11.8 Å². The molecule has 1 aromatic rings. The van der Waals surface area contributed by atoms with Gasteiger partial charge in [-0.15, -0.1) is 0 Å². The molecule has 1 aliphatic carbocycles. The van der Waals surface area contributed by atoms with Gasteiger partial charge < -0.3 is 15.1 Å². The number of hydrogen-bond acceptors (Lipinski definition) is 3. The van der Waals surface area contributed by atoms with E-state index in [1.54, 1.807) is 0 Å². The first-order valence-corrected chi connectivity index (χ1v) is 8.18. The van der Waals surface area contributed by atoms with Gasteiger partial charge in [0.1, 0.15) is 11.6 Å². The predicted molar refractivity (Wildman–Crippen MR) is 85.5 cm³/mol. The van der Waals surface area contributed by atoms with Crippen molar-refractivity contribution in [3.05, 3.63) is 29.8 Å². The molecule has 24 heavy (non-hydrogen) atoms. The van der Waals surface area contributed by atoms with Crippen LogP contribution in [0.3, 0.4) is 0 Å². The maximum Gasteiger partial charge on any atom is 0.227 e. The molecule has 1 saturated carbocycles. The molecule has 1 atom stereocenters. The molecule has 1 aliphatic heterocycles. The molecule has 1 N–H and O–H groups in total. The van der Waals surface area contributed by atoms with E-state index in [1.807, 2.05) is 7.05 Å². The summed E-state index contributed by atoms with van der Waals surface area (Å²) < 4.78 is 26.6. The van der Waals surface area contributed by atoms with Crippen LogP contribution in [-0.4, -0.2) is 49.4 Å².